The maximum atomic E-state index is 14.6. The molecule has 4 aromatic carbocycles. The number of amides is 2. The molecular weight excluding hydrogens is 689 g/mol. The molecule has 4 rings (SSSR count). The van der Waals surface area contributed by atoms with Gasteiger partial charge in [0.15, 0.2) is 0 Å². The van der Waals surface area contributed by atoms with E-state index in [1.54, 1.807) is 54.6 Å². The molecule has 0 aliphatic heterocycles. The number of hydrogen-bond acceptors (Lipinski definition) is 6. The molecule has 0 saturated heterocycles. The highest BCUT2D eigenvalue weighted by Crippen LogP contribution is 2.29. The van der Waals surface area contributed by atoms with Crippen molar-refractivity contribution in [2.24, 2.45) is 0 Å². The second kappa shape index (κ2) is 17.1. The molecule has 48 heavy (non-hydrogen) atoms. The molecule has 0 aromatic heterocycles. The first kappa shape index (κ1) is 37.1. The molecule has 0 saturated carbocycles. The lowest BCUT2D eigenvalue weighted by Gasteiger charge is -2.34. The van der Waals surface area contributed by atoms with Gasteiger partial charge in [-0.3, -0.25) is 13.9 Å². The normalized spacial score (nSPS) is 12.0. The zero-order valence-electron chi connectivity index (χ0n) is 27.2. The van der Waals surface area contributed by atoms with Gasteiger partial charge in [0.05, 0.1) is 17.2 Å². The number of benzene rings is 4. The molecule has 254 valence electrons. The van der Waals surface area contributed by atoms with Crippen molar-refractivity contribution in [1.82, 2.24) is 10.2 Å². The topological polar surface area (TPSA) is 96.0 Å². The van der Waals surface area contributed by atoms with Crippen LogP contribution < -0.4 is 14.4 Å². The van der Waals surface area contributed by atoms with Crippen molar-refractivity contribution >= 4 is 62.5 Å². The molecule has 0 radical (unpaired) electrons. The quantitative estimate of drug-likeness (QED) is 0.128. The molecule has 1 N–H and O–H groups in total. The molecule has 0 aliphatic carbocycles. The zero-order valence-corrected chi connectivity index (χ0v) is 30.4. The van der Waals surface area contributed by atoms with Gasteiger partial charge in [-0.1, -0.05) is 59.6 Å². The van der Waals surface area contributed by atoms with Gasteiger partial charge in [0, 0.05) is 33.9 Å². The first-order valence-corrected chi connectivity index (χ1v) is 18.8. The number of nitrogens with zero attached hydrogens (tertiary/aromatic N) is 2. The van der Waals surface area contributed by atoms with Crippen molar-refractivity contribution in [3.8, 4) is 5.75 Å². The van der Waals surface area contributed by atoms with Crippen molar-refractivity contribution in [2.75, 3.05) is 23.7 Å². The van der Waals surface area contributed by atoms with Crippen LogP contribution in [0, 0.1) is 0 Å². The minimum Gasteiger partial charge on any atom is -0.494 e. The van der Waals surface area contributed by atoms with Crippen molar-refractivity contribution in [3.63, 3.8) is 0 Å². The number of ether oxygens (including phenoxy) is 1. The highest BCUT2D eigenvalue weighted by atomic mass is 35.5. The molecule has 0 unspecified atom stereocenters. The average Bonchev–Trinajstić information content (AvgIpc) is 3.06. The Bertz CT molecular complexity index is 1790. The number of hydrogen-bond donors (Lipinski definition) is 1. The Balaban J connectivity index is 1.82. The van der Waals surface area contributed by atoms with Crippen molar-refractivity contribution < 1.29 is 22.7 Å². The number of nitrogens with one attached hydrogen (secondary N) is 1. The van der Waals surface area contributed by atoms with Crippen LogP contribution >= 0.6 is 35.0 Å². The van der Waals surface area contributed by atoms with E-state index in [0.29, 0.717) is 28.0 Å². The average molecular weight is 729 g/mol. The number of rotatable bonds is 15. The highest BCUT2D eigenvalue weighted by molar-refractivity contribution is 7.98. The summed E-state index contributed by atoms with van der Waals surface area (Å²) in [5.74, 6) is -0.420. The molecule has 0 fully saturated rings. The van der Waals surface area contributed by atoms with Crippen LogP contribution in [0.25, 0.3) is 0 Å². The maximum Gasteiger partial charge on any atom is 0.264 e. The van der Waals surface area contributed by atoms with Gasteiger partial charge in [-0.05, 0) is 98.8 Å². The van der Waals surface area contributed by atoms with Crippen LogP contribution in [0.5, 0.6) is 5.75 Å². The molecule has 0 heterocycles. The zero-order chi connectivity index (χ0) is 34.8. The van der Waals surface area contributed by atoms with Gasteiger partial charge in [-0.2, -0.15) is 0 Å². The van der Waals surface area contributed by atoms with Gasteiger partial charge in [-0.25, -0.2) is 8.42 Å². The van der Waals surface area contributed by atoms with E-state index in [2.05, 4.69) is 5.32 Å². The third kappa shape index (κ3) is 9.69. The summed E-state index contributed by atoms with van der Waals surface area (Å²) in [6.07, 6.45) is 2.08. The molecule has 1 atom stereocenters. The predicted molar refractivity (Wildman–Crippen MR) is 195 cm³/mol. The second-order valence-electron chi connectivity index (χ2n) is 11.2. The Morgan fingerprint density at radius 2 is 1.58 bits per heavy atom. The Kier molecular flexibility index (Phi) is 13.2. The number of carbonyl (C=O) groups is 2. The van der Waals surface area contributed by atoms with E-state index in [1.165, 1.54) is 28.8 Å². The minimum absolute atomic E-state index is 0.0210. The van der Waals surface area contributed by atoms with Crippen LogP contribution in [-0.4, -0.2) is 56.6 Å². The predicted octanol–water partition coefficient (Wildman–Crippen LogP) is 7.47. The Morgan fingerprint density at radius 1 is 0.917 bits per heavy atom. The first-order chi connectivity index (χ1) is 22.9. The van der Waals surface area contributed by atoms with Crippen LogP contribution in [0.2, 0.25) is 10.0 Å². The van der Waals surface area contributed by atoms with Crippen molar-refractivity contribution in [3.05, 3.63) is 118 Å². The third-order valence-electron chi connectivity index (χ3n) is 7.42. The lowest BCUT2D eigenvalue weighted by Crippen LogP contribution is -2.54. The van der Waals surface area contributed by atoms with E-state index in [-0.39, 0.29) is 35.5 Å². The van der Waals surface area contributed by atoms with Crippen LogP contribution in [0.1, 0.15) is 31.9 Å². The molecule has 4 aromatic rings. The lowest BCUT2D eigenvalue weighted by atomic mass is 10.0. The van der Waals surface area contributed by atoms with Gasteiger partial charge < -0.3 is 15.0 Å². The van der Waals surface area contributed by atoms with Crippen molar-refractivity contribution in [1.29, 1.82) is 0 Å². The van der Waals surface area contributed by atoms with Crippen molar-refractivity contribution in [2.45, 2.75) is 55.6 Å². The van der Waals surface area contributed by atoms with Gasteiger partial charge >= 0.3 is 0 Å². The monoisotopic (exact) mass is 727 g/mol. The number of thioether (sulfide) groups is 1. The smallest absolute Gasteiger partial charge is 0.264 e. The maximum absolute atomic E-state index is 14.6. The number of anilines is 1. The summed E-state index contributed by atoms with van der Waals surface area (Å²) in [6, 6.07) is 26.0. The van der Waals surface area contributed by atoms with Gasteiger partial charge in [0.1, 0.15) is 18.3 Å². The molecule has 0 spiro atoms. The summed E-state index contributed by atoms with van der Waals surface area (Å²) < 4.78 is 35.2. The molecule has 12 heteroatoms. The summed E-state index contributed by atoms with van der Waals surface area (Å²) in [6.45, 7) is 5.30. The summed E-state index contributed by atoms with van der Waals surface area (Å²) in [4.78, 5) is 30.8. The summed E-state index contributed by atoms with van der Waals surface area (Å²) in [5, 5.41) is 3.67. The van der Waals surface area contributed by atoms with Crippen LogP contribution in [-0.2, 0) is 32.6 Å². The van der Waals surface area contributed by atoms with E-state index >= 15 is 0 Å². The fourth-order valence-electron chi connectivity index (χ4n) is 5.05. The molecule has 8 nitrogen and oxygen atoms in total. The van der Waals surface area contributed by atoms with Gasteiger partial charge in [0.25, 0.3) is 10.0 Å². The standard InChI is InChI=1S/C36H39Cl2N3O5S2/c1-5-46-30-15-13-29(14-16-30)41(48(44,45)32-19-17-31(47-4)18-20-32)24-35(42)40(23-27-11-12-28(37)22-33(27)38)34(36(43)39-25(2)3)21-26-9-7-6-8-10-26/h6-20,22,25,34H,5,21,23-24H2,1-4H3,(H,39,43)/t34-/m1/s1. The Labute approximate surface area is 297 Å². The van der Waals surface area contributed by atoms with E-state index in [1.807, 2.05) is 57.4 Å². The third-order valence-corrected chi connectivity index (χ3v) is 10.5. The van der Waals surface area contributed by atoms with E-state index < -0.39 is 28.5 Å². The van der Waals surface area contributed by atoms with E-state index in [0.717, 1.165) is 14.8 Å². The number of sulfonamides is 1. The van der Waals surface area contributed by atoms with E-state index in [9.17, 15) is 18.0 Å². The molecule has 0 bridgehead atoms. The molecule has 2 amide bonds. The minimum atomic E-state index is -4.25. The van der Waals surface area contributed by atoms with Gasteiger partial charge in [0.2, 0.25) is 11.8 Å². The lowest BCUT2D eigenvalue weighted by molar-refractivity contribution is -0.140. The molecule has 0 aliphatic rings. The number of carbonyl (C=O) groups excluding carboxylic acids is 2. The van der Waals surface area contributed by atoms with Crippen LogP contribution in [0.4, 0.5) is 5.69 Å². The first-order valence-electron chi connectivity index (χ1n) is 15.4. The molecular formula is C36H39Cl2N3O5S2. The Morgan fingerprint density at radius 3 is 2.17 bits per heavy atom. The fraction of sp³-hybridized carbons (Fsp3) is 0.278. The highest BCUT2D eigenvalue weighted by Gasteiger charge is 2.35. The largest absolute Gasteiger partial charge is 0.494 e. The summed E-state index contributed by atoms with van der Waals surface area (Å²) in [7, 11) is -4.25. The number of halogens is 2. The van der Waals surface area contributed by atoms with Crippen LogP contribution in [0.15, 0.2) is 107 Å². The van der Waals surface area contributed by atoms with Gasteiger partial charge in [-0.15, -0.1) is 11.8 Å². The van der Waals surface area contributed by atoms with E-state index in [4.69, 9.17) is 27.9 Å². The SMILES string of the molecule is CCOc1ccc(N(CC(=O)N(Cc2ccc(Cl)cc2Cl)[C@H](Cc2ccccc2)C(=O)NC(C)C)S(=O)(=O)c2ccc(SC)cc2)cc1. The fourth-order valence-corrected chi connectivity index (χ4v) is 7.34. The van der Waals surface area contributed by atoms with Crippen LogP contribution in [0.3, 0.4) is 0 Å². The Hall–Kier alpha value is -3.70. The second-order valence-corrected chi connectivity index (χ2v) is 14.8. The summed E-state index contributed by atoms with van der Waals surface area (Å²) >= 11 is 14.2. The summed E-state index contributed by atoms with van der Waals surface area (Å²) in [5.41, 5.74) is 1.63.